The van der Waals surface area contributed by atoms with Gasteiger partial charge in [0, 0.05) is 11.9 Å². The number of aliphatic hydroxyl groups is 3. The summed E-state index contributed by atoms with van der Waals surface area (Å²) < 4.78 is 0. The van der Waals surface area contributed by atoms with Crippen LogP contribution in [-0.4, -0.2) is 51.9 Å². The van der Waals surface area contributed by atoms with Crippen molar-refractivity contribution in [1.29, 1.82) is 0 Å². The Bertz CT molecular complexity index is 780. The maximum atomic E-state index is 13.0. The molecule has 0 aromatic heterocycles. The van der Waals surface area contributed by atoms with Crippen LogP contribution in [0, 0.1) is 52.3 Å². The molecule has 5 N–H and O–H groups in total. The van der Waals surface area contributed by atoms with Gasteiger partial charge < -0.3 is 31.0 Å². The molecule has 0 spiro atoms. The summed E-state index contributed by atoms with van der Waals surface area (Å²) in [5, 5.41) is 44.6. The second kappa shape index (κ2) is 10.4. The van der Waals surface area contributed by atoms with E-state index in [-0.39, 0.29) is 89.7 Å². The van der Waals surface area contributed by atoms with Gasteiger partial charge in [0.2, 0.25) is 0 Å². The van der Waals surface area contributed by atoms with Crippen molar-refractivity contribution in [3.8, 4) is 0 Å². The molecule has 0 heterocycles. The largest absolute Gasteiger partial charge is 1.00 e. The van der Waals surface area contributed by atoms with E-state index in [9.17, 15) is 30.0 Å². The fourth-order valence-electron chi connectivity index (χ4n) is 9.41. The van der Waals surface area contributed by atoms with E-state index >= 15 is 0 Å². The van der Waals surface area contributed by atoms with Gasteiger partial charge in [0.05, 0.1) is 24.9 Å². The Hall–Kier alpha value is -0.0200. The standard InChI is InChI=1S/C26H43NO6.Na/c1-13(4-7-23(32)33)16-5-6-17-24-19(11-22(31)26(16,17)3)25(2)14(9-20(24)29)8-15(28)10-18(25)21(30)12-27;/h13-20,22,24,28-29,31H,4-12,27H2,1-3H3,(H,32,33);/q;+1/p-1/t13-,14+,15+,16-,17?,18?,19?,20-,22+,24?,25-,26-;/m1./s1. The third-order valence-corrected chi connectivity index (χ3v) is 11.1. The van der Waals surface area contributed by atoms with Gasteiger partial charge in [-0.15, -0.1) is 0 Å². The number of carbonyl (C=O) groups is 2. The van der Waals surface area contributed by atoms with Gasteiger partial charge in [0.1, 0.15) is 5.78 Å². The first kappa shape index (κ1) is 28.5. The topological polar surface area (TPSA) is 144 Å². The van der Waals surface area contributed by atoms with Crippen molar-refractivity contribution in [2.75, 3.05) is 6.54 Å². The van der Waals surface area contributed by atoms with Crippen molar-refractivity contribution in [2.24, 2.45) is 58.0 Å². The fourth-order valence-corrected chi connectivity index (χ4v) is 9.41. The number of carboxylic acids is 1. The van der Waals surface area contributed by atoms with E-state index in [1.165, 1.54) is 0 Å². The number of rotatable bonds is 6. The summed E-state index contributed by atoms with van der Waals surface area (Å²) in [6.07, 6.45) is 2.76. The number of aliphatic hydroxyl groups excluding tert-OH is 3. The molecule has 0 aliphatic heterocycles. The third kappa shape index (κ3) is 4.35. The Labute approximate surface area is 225 Å². The van der Waals surface area contributed by atoms with Gasteiger partial charge in [-0.1, -0.05) is 20.8 Å². The SMILES string of the molecule is C[C@H](CCC(=O)[O-])[C@H]1CCC2C3C(C[C@H](O)[C@@]21C)[C@@]1(C)C(C(=O)CN)C[C@@H](O)C[C@H]1C[C@H]3O.[Na+]. The van der Waals surface area contributed by atoms with E-state index < -0.39 is 35.1 Å². The van der Waals surface area contributed by atoms with E-state index in [0.717, 1.165) is 12.8 Å². The minimum atomic E-state index is -1.04. The van der Waals surface area contributed by atoms with Crippen molar-refractivity contribution in [3.05, 3.63) is 0 Å². The second-order valence-corrected chi connectivity index (χ2v) is 12.2. The summed E-state index contributed by atoms with van der Waals surface area (Å²) in [4.78, 5) is 24.0. The minimum Gasteiger partial charge on any atom is -0.550 e. The van der Waals surface area contributed by atoms with Crippen LogP contribution in [-0.2, 0) is 9.59 Å². The van der Waals surface area contributed by atoms with Crippen LogP contribution in [0.25, 0.3) is 0 Å². The van der Waals surface area contributed by atoms with Gasteiger partial charge in [0.15, 0.2) is 0 Å². The first-order chi connectivity index (χ1) is 15.5. The van der Waals surface area contributed by atoms with E-state index in [1.807, 2.05) is 0 Å². The summed E-state index contributed by atoms with van der Waals surface area (Å²) in [5.74, 6) is -0.974. The third-order valence-electron chi connectivity index (χ3n) is 11.1. The van der Waals surface area contributed by atoms with Gasteiger partial charge in [-0.05, 0) is 97.7 Å². The molecule has 0 aromatic carbocycles. The summed E-state index contributed by atoms with van der Waals surface area (Å²) in [5.41, 5.74) is 4.99. The monoisotopic (exact) mass is 487 g/mol. The molecule has 34 heavy (non-hydrogen) atoms. The molecule has 188 valence electrons. The normalized spacial score (nSPS) is 48.6. The fraction of sp³-hybridized carbons (Fsp3) is 0.923. The quantitative estimate of drug-likeness (QED) is 0.313. The molecule has 0 bridgehead atoms. The van der Waals surface area contributed by atoms with Gasteiger partial charge in [-0.2, -0.15) is 0 Å². The zero-order chi connectivity index (χ0) is 24.3. The maximum Gasteiger partial charge on any atom is 1.00 e. The Balaban J connectivity index is 0.00000324. The average molecular weight is 488 g/mol. The zero-order valence-corrected chi connectivity index (χ0v) is 23.3. The Morgan fingerprint density at radius 3 is 2.32 bits per heavy atom. The van der Waals surface area contributed by atoms with Gasteiger partial charge in [-0.25, -0.2) is 0 Å². The first-order valence-electron chi connectivity index (χ1n) is 12.9. The molecule has 4 unspecified atom stereocenters. The first-order valence-corrected chi connectivity index (χ1v) is 12.9. The van der Waals surface area contributed by atoms with Crippen molar-refractivity contribution < 1.29 is 59.6 Å². The number of carboxylic acid groups (broad SMARTS) is 1. The molecular formula is C26H42NNaO6. The Morgan fingerprint density at radius 1 is 1.03 bits per heavy atom. The number of Topliss-reactive ketones (excluding diaryl/α,β-unsaturated/α-hetero) is 1. The summed E-state index contributed by atoms with van der Waals surface area (Å²) in [6, 6.07) is 0. The van der Waals surface area contributed by atoms with E-state index in [4.69, 9.17) is 5.73 Å². The van der Waals surface area contributed by atoms with Crippen LogP contribution in [0.1, 0.15) is 72.1 Å². The molecular weight excluding hydrogens is 445 g/mol. The summed E-state index contributed by atoms with van der Waals surface area (Å²) in [7, 11) is 0. The average Bonchev–Trinajstić information content (AvgIpc) is 3.11. The molecule has 4 aliphatic carbocycles. The van der Waals surface area contributed by atoms with E-state index in [0.29, 0.717) is 32.1 Å². The predicted octanol–water partition coefficient (Wildman–Crippen LogP) is -2.13. The minimum absolute atomic E-state index is 0. The molecule has 12 atom stereocenters. The van der Waals surface area contributed by atoms with Crippen LogP contribution in [0.4, 0.5) is 0 Å². The summed E-state index contributed by atoms with van der Waals surface area (Å²) >= 11 is 0. The van der Waals surface area contributed by atoms with E-state index in [1.54, 1.807) is 0 Å². The van der Waals surface area contributed by atoms with Crippen molar-refractivity contribution in [3.63, 3.8) is 0 Å². The number of ketones is 1. The van der Waals surface area contributed by atoms with Gasteiger partial charge >= 0.3 is 29.6 Å². The van der Waals surface area contributed by atoms with Gasteiger partial charge in [0.25, 0.3) is 0 Å². The van der Waals surface area contributed by atoms with Crippen LogP contribution < -0.4 is 40.4 Å². The van der Waals surface area contributed by atoms with Gasteiger partial charge in [-0.3, -0.25) is 4.79 Å². The second-order valence-electron chi connectivity index (χ2n) is 12.2. The van der Waals surface area contributed by atoms with Crippen molar-refractivity contribution >= 4 is 11.8 Å². The van der Waals surface area contributed by atoms with Crippen LogP contribution >= 0.6 is 0 Å². The van der Waals surface area contributed by atoms with Crippen molar-refractivity contribution in [2.45, 2.75) is 90.4 Å². The van der Waals surface area contributed by atoms with Crippen molar-refractivity contribution in [1.82, 2.24) is 0 Å². The summed E-state index contributed by atoms with van der Waals surface area (Å²) in [6.45, 7) is 6.31. The molecule has 0 saturated heterocycles. The molecule has 0 radical (unpaired) electrons. The Kier molecular flexibility index (Phi) is 8.72. The number of nitrogens with two attached hydrogens (primary N) is 1. The number of carbonyl (C=O) groups excluding carboxylic acids is 2. The van der Waals surface area contributed by atoms with Crippen LogP contribution in [0.3, 0.4) is 0 Å². The molecule has 7 nitrogen and oxygen atoms in total. The molecule has 0 amide bonds. The van der Waals surface area contributed by atoms with E-state index in [2.05, 4.69) is 20.8 Å². The predicted molar refractivity (Wildman–Crippen MR) is 120 cm³/mol. The molecule has 0 aromatic rings. The number of fused-ring (bicyclic) bond motifs is 5. The molecule has 4 fully saturated rings. The smallest absolute Gasteiger partial charge is 0.550 e. The number of aliphatic carboxylic acids is 1. The zero-order valence-electron chi connectivity index (χ0n) is 21.3. The van der Waals surface area contributed by atoms with Crippen LogP contribution in [0.2, 0.25) is 0 Å². The van der Waals surface area contributed by atoms with Crippen LogP contribution in [0.15, 0.2) is 0 Å². The Morgan fingerprint density at radius 2 is 1.71 bits per heavy atom. The molecule has 4 saturated carbocycles. The maximum absolute atomic E-state index is 13.0. The molecule has 4 rings (SSSR count). The van der Waals surface area contributed by atoms with Crippen LogP contribution in [0.5, 0.6) is 0 Å². The molecule has 8 heteroatoms. The number of hydrogen-bond acceptors (Lipinski definition) is 7. The molecule has 4 aliphatic rings. The number of hydrogen-bond donors (Lipinski definition) is 4.